The first-order valence-corrected chi connectivity index (χ1v) is 13.0. The van der Waals surface area contributed by atoms with Gasteiger partial charge in [0.25, 0.3) is 0 Å². The van der Waals surface area contributed by atoms with E-state index in [4.69, 9.17) is 0 Å². The number of rotatable bonds is 8. The molecule has 2 aliphatic heterocycles. The van der Waals surface area contributed by atoms with Crippen molar-refractivity contribution in [2.24, 2.45) is 5.92 Å². The molecule has 2 heterocycles. The molecule has 9 nitrogen and oxygen atoms in total. The number of carbonyl (C=O) groups excluding carboxylic acids is 4. The molecule has 0 aliphatic carbocycles. The minimum atomic E-state index is -0.905. The highest BCUT2D eigenvalue weighted by atomic mass is 16.2. The van der Waals surface area contributed by atoms with Crippen LogP contribution < -0.4 is 16.0 Å². The fourth-order valence-electron chi connectivity index (χ4n) is 4.88. The average molecular weight is 500 g/mol. The van der Waals surface area contributed by atoms with Crippen molar-refractivity contribution in [1.29, 1.82) is 0 Å². The fraction of sp³-hybridized carbons (Fsp3) is 0.630. The van der Waals surface area contributed by atoms with E-state index in [1.165, 1.54) is 0 Å². The highest BCUT2D eigenvalue weighted by Crippen LogP contribution is 2.29. The molecule has 0 radical (unpaired) electrons. The summed E-state index contributed by atoms with van der Waals surface area (Å²) in [6, 6.07) is 5.82. The second-order valence-electron chi connectivity index (χ2n) is 10.5. The van der Waals surface area contributed by atoms with E-state index in [0.717, 1.165) is 11.1 Å². The largest absolute Gasteiger partial charge is 0.350 e. The van der Waals surface area contributed by atoms with Crippen LogP contribution in [0.25, 0.3) is 0 Å². The summed E-state index contributed by atoms with van der Waals surface area (Å²) in [4.78, 5) is 56.0. The molecular formula is C27H41N5O4. The zero-order valence-electron chi connectivity index (χ0n) is 22.2. The standard InChI is InChI=1S/C27H41N5O4/c1-17(2)14-24(33)31-13-12-21-10-11-23(26(35)29-15-20-8-6-18(3)7-9-20)32(21)27(36)22(16-31)30-25(34)19(4)28-5/h6-9,17,19,21-23,28H,10-16H2,1-5H3,(H,29,35)(H,30,34)/t19-,21+,22-,23-/m0/s1. The molecule has 0 aromatic heterocycles. The SMILES string of the molecule is CN[C@@H](C)C(=O)N[C@H]1CN(C(=O)CC(C)C)CC[C@H]2CC[C@@H](C(=O)NCc3ccc(C)cc3)N2C1=O. The van der Waals surface area contributed by atoms with Crippen LogP contribution in [-0.4, -0.2) is 77.7 Å². The van der Waals surface area contributed by atoms with Crippen molar-refractivity contribution >= 4 is 23.6 Å². The molecule has 36 heavy (non-hydrogen) atoms. The Hall–Kier alpha value is -2.94. The molecule has 0 unspecified atom stereocenters. The number of likely N-dealkylation sites (N-methyl/N-ethyl adjacent to an activating group) is 1. The Morgan fingerprint density at radius 1 is 1.06 bits per heavy atom. The lowest BCUT2D eigenvalue weighted by atomic mass is 10.0. The highest BCUT2D eigenvalue weighted by molar-refractivity contribution is 5.94. The van der Waals surface area contributed by atoms with Gasteiger partial charge in [-0.1, -0.05) is 43.7 Å². The van der Waals surface area contributed by atoms with E-state index in [2.05, 4.69) is 16.0 Å². The van der Waals surface area contributed by atoms with Crippen LogP contribution in [0.1, 0.15) is 57.6 Å². The molecule has 4 amide bonds. The highest BCUT2D eigenvalue weighted by Gasteiger charge is 2.45. The number of hydrogen-bond acceptors (Lipinski definition) is 5. The van der Waals surface area contributed by atoms with E-state index in [1.807, 2.05) is 45.0 Å². The van der Waals surface area contributed by atoms with Gasteiger partial charge in [0.15, 0.2) is 0 Å². The predicted octanol–water partition coefficient (Wildman–Crippen LogP) is 1.34. The van der Waals surface area contributed by atoms with Gasteiger partial charge >= 0.3 is 0 Å². The number of hydrogen-bond donors (Lipinski definition) is 3. The summed E-state index contributed by atoms with van der Waals surface area (Å²) in [5.41, 5.74) is 2.14. The Kier molecular flexibility index (Phi) is 9.48. The summed E-state index contributed by atoms with van der Waals surface area (Å²) in [5, 5.41) is 8.71. The van der Waals surface area contributed by atoms with Gasteiger partial charge in [0.2, 0.25) is 23.6 Å². The molecule has 0 spiro atoms. The lowest BCUT2D eigenvalue weighted by Crippen LogP contribution is -2.62. The molecule has 2 fully saturated rings. The van der Waals surface area contributed by atoms with Crippen LogP contribution in [0.15, 0.2) is 24.3 Å². The summed E-state index contributed by atoms with van der Waals surface area (Å²) in [6.45, 7) is 8.68. The number of benzene rings is 1. The van der Waals surface area contributed by atoms with Gasteiger partial charge in [0, 0.05) is 32.1 Å². The quantitative estimate of drug-likeness (QED) is 0.500. The average Bonchev–Trinajstić information content (AvgIpc) is 3.26. The number of carbonyl (C=O) groups is 4. The predicted molar refractivity (Wildman–Crippen MR) is 138 cm³/mol. The number of amides is 4. The Morgan fingerprint density at radius 3 is 2.39 bits per heavy atom. The normalized spacial score (nSPS) is 23.1. The molecule has 2 saturated heterocycles. The van der Waals surface area contributed by atoms with Crippen molar-refractivity contribution in [3.8, 4) is 0 Å². The van der Waals surface area contributed by atoms with Crippen LogP contribution in [-0.2, 0) is 25.7 Å². The molecule has 1 aromatic carbocycles. The van der Waals surface area contributed by atoms with Gasteiger partial charge in [-0.3, -0.25) is 19.2 Å². The van der Waals surface area contributed by atoms with Gasteiger partial charge in [-0.25, -0.2) is 0 Å². The summed E-state index contributed by atoms with van der Waals surface area (Å²) < 4.78 is 0. The van der Waals surface area contributed by atoms with Crippen molar-refractivity contribution in [3.63, 3.8) is 0 Å². The lowest BCUT2D eigenvalue weighted by molar-refractivity contribution is -0.147. The molecule has 9 heteroatoms. The summed E-state index contributed by atoms with van der Waals surface area (Å²) in [5.74, 6) is -0.623. The third kappa shape index (κ3) is 6.84. The zero-order chi connectivity index (χ0) is 26.4. The number of aryl methyl sites for hydroxylation is 1. The second kappa shape index (κ2) is 12.3. The van der Waals surface area contributed by atoms with Crippen molar-refractivity contribution in [3.05, 3.63) is 35.4 Å². The molecule has 0 bridgehead atoms. The second-order valence-corrected chi connectivity index (χ2v) is 10.5. The van der Waals surface area contributed by atoms with E-state index in [0.29, 0.717) is 38.8 Å². The van der Waals surface area contributed by atoms with Crippen LogP contribution >= 0.6 is 0 Å². The minimum Gasteiger partial charge on any atom is -0.350 e. The third-order valence-electron chi connectivity index (χ3n) is 7.16. The fourth-order valence-corrected chi connectivity index (χ4v) is 4.88. The zero-order valence-corrected chi connectivity index (χ0v) is 22.2. The van der Waals surface area contributed by atoms with Crippen molar-refractivity contribution < 1.29 is 19.2 Å². The summed E-state index contributed by atoms with van der Waals surface area (Å²) in [7, 11) is 1.67. The number of nitrogens with one attached hydrogen (secondary N) is 3. The molecule has 198 valence electrons. The number of fused-ring (bicyclic) bond motifs is 1. The Bertz CT molecular complexity index is 948. The maximum absolute atomic E-state index is 13.8. The van der Waals surface area contributed by atoms with Crippen molar-refractivity contribution in [2.45, 2.75) is 84.1 Å². The van der Waals surface area contributed by atoms with Gasteiger partial charge in [-0.15, -0.1) is 0 Å². The van der Waals surface area contributed by atoms with Crippen LogP contribution in [0, 0.1) is 12.8 Å². The molecule has 1 aromatic rings. The first kappa shape index (κ1) is 27.6. The van der Waals surface area contributed by atoms with Gasteiger partial charge in [0.05, 0.1) is 6.04 Å². The maximum atomic E-state index is 13.8. The smallest absolute Gasteiger partial charge is 0.247 e. The molecule has 0 saturated carbocycles. The Balaban J connectivity index is 1.78. The monoisotopic (exact) mass is 499 g/mol. The van der Waals surface area contributed by atoms with Gasteiger partial charge in [0.1, 0.15) is 12.1 Å². The molecule has 4 atom stereocenters. The third-order valence-corrected chi connectivity index (χ3v) is 7.16. The van der Waals surface area contributed by atoms with Crippen molar-refractivity contribution in [1.82, 2.24) is 25.8 Å². The van der Waals surface area contributed by atoms with E-state index in [-0.39, 0.29) is 42.1 Å². The summed E-state index contributed by atoms with van der Waals surface area (Å²) in [6.07, 6.45) is 2.25. The molecule has 2 aliphatic rings. The van der Waals surface area contributed by atoms with E-state index < -0.39 is 18.1 Å². The van der Waals surface area contributed by atoms with Gasteiger partial charge in [-0.05, 0) is 51.6 Å². The van der Waals surface area contributed by atoms with E-state index >= 15 is 0 Å². The molecule has 3 rings (SSSR count). The Morgan fingerprint density at radius 2 is 1.75 bits per heavy atom. The lowest BCUT2D eigenvalue weighted by Gasteiger charge is -2.39. The van der Waals surface area contributed by atoms with E-state index in [9.17, 15) is 19.2 Å². The topological polar surface area (TPSA) is 111 Å². The minimum absolute atomic E-state index is 0.0162. The summed E-state index contributed by atoms with van der Waals surface area (Å²) >= 11 is 0. The Labute approximate surface area is 214 Å². The van der Waals surface area contributed by atoms with Crippen molar-refractivity contribution in [2.75, 3.05) is 20.1 Å². The van der Waals surface area contributed by atoms with Gasteiger partial charge < -0.3 is 25.8 Å². The molecular weight excluding hydrogens is 458 g/mol. The van der Waals surface area contributed by atoms with Crippen LogP contribution in [0.4, 0.5) is 0 Å². The maximum Gasteiger partial charge on any atom is 0.247 e. The van der Waals surface area contributed by atoms with Crippen LogP contribution in [0.5, 0.6) is 0 Å². The first-order valence-electron chi connectivity index (χ1n) is 13.0. The van der Waals surface area contributed by atoms with E-state index in [1.54, 1.807) is 23.8 Å². The first-order chi connectivity index (χ1) is 17.1. The molecule has 3 N–H and O–H groups in total. The van der Waals surface area contributed by atoms with Gasteiger partial charge in [-0.2, -0.15) is 0 Å². The van der Waals surface area contributed by atoms with Crippen LogP contribution in [0.2, 0.25) is 0 Å². The van der Waals surface area contributed by atoms with Crippen LogP contribution in [0.3, 0.4) is 0 Å². The number of nitrogens with zero attached hydrogens (tertiary/aromatic N) is 2.